The van der Waals surface area contributed by atoms with E-state index in [2.05, 4.69) is 10.2 Å². The fraction of sp³-hybridized carbons (Fsp3) is 0.182. The van der Waals surface area contributed by atoms with E-state index in [9.17, 15) is 9.59 Å². The van der Waals surface area contributed by atoms with Gasteiger partial charge in [0.2, 0.25) is 10.9 Å². The maximum absolute atomic E-state index is 13.4. The SMILES string of the molecule is CC(C)c1nnc(N2C(=O)c3oc4ccccc4c(=O)c3[C@H]2c2ccc(Cl)cc2)s1. The molecular weight excluding hydrogens is 422 g/mol. The summed E-state index contributed by atoms with van der Waals surface area (Å²) in [6.07, 6.45) is 0. The highest BCUT2D eigenvalue weighted by atomic mass is 35.5. The summed E-state index contributed by atoms with van der Waals surface area (Å²) < 4.78 is 5.92. The monoisotopic (exact) mass is 437 g/mol. The van der Waals surface area contributed by atoms with Crippen LogP contribution in [0.4, 0.5) is 5.13 Å². The van der Waals surface area contributed by atoms with Crippen molar-refractivity contribution < 1.29 is 9.21 Å². The van der Waals surface area contributed by atoms with Gasteiger partial charge in [-0.25, -0.2) is 0 Å². The van der Waals surface area contributed by atoms with Gasteiger partial charge in [-0.2, -0.15) is 0 Å². The van der Waals surface area contributed by atoms with Crippen LogP contribution in [0, 0.1) is 0 Å². The lowest BCUT2D eigenvalue weighted by Crippen LogP contribution is -2.29. The van der Waals surface area contributed by atoms with Gasteiger partial charge in [-0.3, -0.25) is 14.5 Å². The van der Waals surface area contributed by atoms with Crippen LogP contribution in [0.5, 0.6) is 0 Å². The Balaban J connectivity index is 1.78. The van der Waals surface area contributed by atoms with Crippen molar-refractivity contribution >= 4 is 44.9 Å². The zero-order valence-electron chi connectivity index (χ0n) is 16.1. The third-order valence-corrected chi connectivity index (χ3v) is 6.57. The number of nitrogens with zero attached hydrogens (tertiary/aromatic N) is 3. The van der Waals surface area contributed by atoms with Crippen LogP contribution in [0.3, 0.4) is 0 Å². The summed E-state index contributed by atoms with van der Waals surface area (Å²) in [4.78, 5) is 28.3. The van der Waals surface area contributed by atoms with Crippen LogP contribution < -0.4 is 10.3 Å². The molecule has 0 bridgehead atoms. The minimum atomic E-state index is -0.668. The zero-order chi connectivity index (χ0) is 21.0. The highest BCUT2D eigenvalue weighted by molar-refractivity contribution is 7.15. The molecule has 2 aromatic heterocycles. The number of hydrogen-bond acceptors (Lipinski definition) is 6. The van der Waals surface area contributed by atoms with Crippen molar-refractivity contribution in [2.24, 2.45) is 0 Å². The van der Waals surface area contributed by atoms with Gasteiger partial charge in [0.15, 0.2) is 5.43 Å². The van der Waals surface area contributed by atoms with Crippen LogP contribution in [-0.4, -0.2) is 16.1 Å². The van der Waals surface area contributed by atoms with E-state index in [4.69, 9.17) is 16.0 Å². The molecular formula is C22H16ClN3O3S. The predicted octanol–water partition coefficient (Wildman–Crippen LogP) is 5.17. The number of benzene rings is 2. The van der Waals surface area contributed by atoms with Gasteiger partial charge in [-0.05, 0) is 29.8 Å². The van der Waals surface area contributed by atoms with Crippen molar-refractivity contribution in [1.29, 1.82) is 0 Å². The third kappa shape index (κ3) is 2.85. The standard InChI is InChI=1S/C22H16ClN3O3S/c1-11(2)20-24-25-22(30-20)26-17(12-7-9-13(23)10-8-12)16-18(27)14-5-3-4-6-15(14)29-19(16)21(26)28/h3-11,17H,1-2H3/t17-/m1/s1. The summed E-state index contributed by atoms with van der Waals surface area (Å²) in [6, 6.07) is 13.4. The van der Waals surface area contributed by atoms with Crippen molar-refractivity contribution in [3.05, 3.63) is 85.7 Å². The number of carbonyl (C=O) groups excluding carboxylic acids is 1. The largest absolute Gasteiger partial charge is 0.450 e. The van der Waals surface area contributed by atoms with Gasteiger partial charge in [-0.15, -0.1) is 10.2 Å². The fourth-order valence-electron chi connectivity index (χ4n) is 3.63. The first-order valence-electron chi connectivity index (χ1n) is 9.44. The average Bonchev–Trinajstić information content (AvgIpc) is 3.33. The Kier molecular flexibility index (Phi) is 4.45. The fourth-order valence-corrected chi connectivity index (χ4v) is 4.63. The molecule has 0 N–H and O–H groups in total. The molecule has 0 spiro atoms. The summed E-state index contributed by atoms with van der Waals surface area (Å²) in [7, 11) is 0. The summed E-state index contributed by atoms with van der Waals surface area (Å²) >= 11 is 7.40. The lowest BCUT2D eigenvalue weighted by molar-refractivity contribution is 0.0970. The maximum atomic E-state index is 13.4. The van der Waals surface area contributed by atoms with Crippen molar-refractivity contribution in [3.8, 4) is 0 Å². The smallest absolute Gasteiger partial charge is 0.297 e. The van der Waals surface area contributed by atoms with Gasteiger partial charge in [0.1, 0.15) is 10.6 Å². The number of carbonyl (C=O) groups is 1. The first-order chi connectivity index (χ1) is 14.5. The second-order valence-corrected chi connectivity index (χ2v) is 8.80. The van der Waals surface area contributed by atoms with Crippen molar-refractivity contribution in [2.45, 2.75) is 25.8 Å². The van der Waals surface area contributed by atoms with Crippen molar-refractivity contribution in [3.63, 3.8) is 0 Å². The van der Waals surface area contributed by atoms with Crippen LogP contribution >= 0.6 is 22.9 Å². The normalized spacial score (nSPS) is 15.9. The lowest BCUT2D eigenvalue weighted by atomic mass is 9.99. The second-order valence-electron chi connectivity index (χ2n) is 7.38. The molecule has 3 heterocycles. The van der Waals surface area contributed by atoms with Crippen LogP contribution in [-0.2, 0) is 0 Å². The molecule has 0 radical (unpaired) electrons. The molecule has 5 rings (SSSR count). The molecule has 0 aliphatic carbocycles. The molecule has 150 valence electrons. The van der Waals surface area contributed by atoms with Crippen LogP contribution in [0.1, 0.15) is 52.5 Å². The molecule has 0 unspecified atom stereocenters. The molecule has 1 atom stereocenters. The van der Waals surface area contributed by atoms with Gasteiger partial charge in [0.25, 0.3) is 5.91 Å². The topological polar surface area (TPSA) is 76.3 Å². The van der Waals surface area contributed by atoms with Crippen LogP contribution in [0.15, 0.2) is 57.7 Å². The Bertz CT molecular complexity index is 1340. The molecule has 1 amide bonds. The van der Waals surface area contributed by atoms with E-state index in [1.54, 1.807) is 48.5 Å². The van der Waals surface area contributed by atoms with Gasteiger partial charge in [0.05, 0.1) is 17.0 Å². The van der Waals surface area contributed by atoms with Crippen LogP contribution in [0.25, 0.3) is 11.0 Å². The molecule has 2 aromatic carbocycles. The average molecular weight is 438 g/mol. The number of aromatic nitrogens is 2. The number of fused-ring (bicyclic) bond motifs is 2. The van der Waals surface area contributed by atoms with Gasteiger partial charge >= 0.3 is 0 Å². The number of rotatable bonds is 3. The molecule has 4 aromatic rings. The Labute approximate surface area is 180 Å². The molecule has 6 nitrogen and oxygen atoms in total. The highest BCUT2D eigenvalue weighted by Gasteiger charge is 2.45. The molecule has 30 heavy (non-hydrogen) atoms. The summed E-state index contributed by atoms with van der Waals surface area (Å²) in [6.45, 7) is 4.03. The summed E-state index contributed by atoms with van der Waals surface area (Å²) in [5, 5.41) is 10.7. The van der Waals surface area contributed by atoms with E-state index < -0.39 is 11.9 Å². The molecule has 0 saturated carbocycles. The van der Waals surface area contributed by atoms with E-state index in [1.807, 2.05) is 13.8 Å². The molecule has 0 saturated heterocycles. The summed E-state index contributed by atoms with van der Waals surface area (Å²) in [5.74, 6) is -0.188. The number of para-hydroxylation sites is 1. The number of anilines is 1. The van der Waals surface area contributed by atoms with E-state index in [0.29, 0.717) is 26.7 Å². The highest BCUT2D eigenvalue weighted by Crippen LogP contribution is 2.42. The Morgan fingerprint density at radius 2 is 1.80 bits per heavy atom. The van der Waals surface area contributed by atoms with E-state index in [-0.39, 0.29) is 17.1 Å². The maximum Gasteiger partial charge on any atom is 0.297 e. The zero-order valence-corrected chi connectivity index (χ0v) is 17.7. The molecule has 8 heteroatoms. The van der Waals surface area contributed by atoms with Gasteiger partial charge in [0, 0.05) is 10.9 Å². The quantitative estimate of drug-likeness (QED) is 0.442. The van der Waals surface area contributed by atoms with Crippen molar-refractivity contribution in [2.75, 3.05) is 4.90 Å². The minimum Gasteiger partial charge on any atom is -0.450 e. The first kappa shape index (κ1) is 19.0. The first-order valence-corrected chi connectivity index (χ1v) is 10.6. The van der Waals surface area contributed by atoms with Gasteiger partial charge < -0.3 is 4.42 Å². The number of amides is 1. The molecule has 1 aliphatic rings. The van der Waals surface area contributed by atoms with Crippen molar-refractivity contribution in [1.82, 2.24) is 10.2 Å². The van der Waals surface area contributed by atoms with E-state index in [0.717, 1.165) is 10.6 Å². The van der Waals surface area contributed by atoms with Crippen LogP contribution in [0.2, 0.25) is 5.02 Å². The molecule has 0 fully saturated rings. The Hall–Kier alpha value is -3.03. The second kappa shape index (κ2) is 7.04. The molecule has 1 aliphatic heterocycles. The Morgan fingerprint density at radius 3 is 2.50 bits per heavy atom. The summed E-state index contributed by atoms with van der Waals surface area (Å²) in [5.41, 5.74) is 1.21. The Morgan fingerprint density at radius 1 is 1.07 bits per heavy atom. The predicted molar refractivity (Wildman–Crippen MR) is 117 cm³/mol. The number of hydrogen-bond donors (Lipinski definition) is 0. The lowest BCUT2D eigenvalue weighted by Gasteiger charge is -2.22. The number of halogens is 1. The van der Waals surface area contributed by atoms with E-state index in [1.165, 1.54) is 16.2 Å². The third-order valence-electron chi connectivity index (χ3n) is 5.09. The van der Waals surface area contributed by atoms with Gasteiger partial charge in [-0.1, -0.05) is 61.1 Å². The van der Waals surface area contributed by atoms with E-state index >= 15 is 0 Å². The minimum absolute atomic E-state index is 0.0416.